The number of anilines is 2. The van der Waals surface area contributed by atoms with Crippen LogP contribution in [0.1, 0.15) is 18.2 Å². The van der Waals surface area contributed by atoms with Crippen LogP contribution in [-0.2, 0) is 11.2 Å². The molecular formula is C19H23N7O4. The molecule has 1 saturated heterocycles. The molecule has 11 heteroatoms. The fourth-order valence-corrected chi connectivity index (χ4v) is 3.33. The van der Waals surface area contributed by atoms with E-state index in [0.29, 0.717) is 11.2 Å². The number of nitrogens with two attached hydrogens (primary N) is 1. The largest absolute Gasteiger partial charge is 0.394 e. The smallest absolute Gasteiger partial charge is 0.247 e. The number of imidazole rings is 1. The molecule has 1 aliphatic rings. The summed E-state index contributed by atoms with van der Waals surface area (Å²) in [6.45, 7) is -0.428. The van der Waals surface area contributed by atoms with Crippen molar-refractivity contribution in [2.45, 2.75) is 37.4 Å². The second-order valence-electron chi connectivity index (χ2n) is 6.93. The molecule has 0 radical (unpaired) electrons. The van der Waals surface area contributed by atoms with Crippen LogP contribution in [0.15, 0.2) is 41.8 Å². The zero-order valence-corrected chi connectivity index (χ0v) is 16.0. The van der Waals surface area contributed by atoms with Gasteiger partial charge in [-0.05, 0) is 18.4 Å². The third-order valence-corrected chi connectivity index (χ3v) is 4.90. The van der Waals surface area contributed by atoms with Gasteiger partial charge in [0.05, 0.1) is 12.9 Å². The average Bonchev–Trinajstić information content (AvgIpc) is 3.30. The molecule has 0 amide bonds. The second-order valence-corrected chi connectivity index (χ2v) is 6.93. The SMILES string of the molecule is Nc1nc(N/N=C/CCc2ccccc2)nc2c1ncn2C1O[C@H](CO)[C@@H](O)[C@H]1O. The Balaban J connectivity index is 1.49. The fraction of sp³-hybridized carbons (Fsp3) is 0.368. The van der Waals surface area contributed by atoms with E-state index in [1.54, 1.807) is 6.21 Å². The first-order chi connectivity index (χ1) is 14.6. The minimum absolute atomic E-state index is 0.132. The summed E-state index contributed by atoms with van der Waals surface area (Å²) in [6, 6.07) is 10.1. The fourth-order valence-electron chi connectivity index (χ4n) is 3.33. The van der Waals surface area contributed by atoms with E-state index >= 15 is 0 Å². The summed E-state index contributed by atoms with van der Waals surface area (Å²) in [7, 11) is 0. The Morgan fingerprint density at radius 2 is 2.00 bits per heavy atom. The van der Waals surface area contributed by atoms with E-state index in [0.717, 1.165) is 12.8 Å². The van der Waals surface area contributed by atoms with E-state index in [1.807, 2.05) is 18.2 Å². The number of ether oxygens (including phenoxy) is 1. The standard InChI is InChI=1S/C19H23N7O4/c20-16-13-17(26(10-21-13)18-15(29)14(28)12(9-27)30-18)24-19(23-16)25-22-8-4-7-11-5-2-1-3-6-11/h1-3,5-6,8,10,12,14-15,18,27-29H,4,7,9H2,(H3,20,23,24,25)/b22-8+/t12-,14-,15-,18?/m1/s1. The van der Waals surface area contributed by atoms with E-state index in [9.17, 15) is 15.3 Å². The van der Waals surface area contributed by atoms with Crippen molar-refractivity contribution in [3.8, 4) is 0 Å². The number of benzene rings is 1. The highest BCUT2D eigenvalue weighted by molar-refractivity contribution is 5.83. The third-order valence-electron chi connectivity index (χ3n) is 4.90. The summed E-state index contributed by atoms with van der Waals surface area (Å²) in [5, 5.41) is 33.7. The number of nitrogens with one attached hydrogen (secondary N) is 1. The number of aromatic nitrogens is 4. The number of rotatable bonds is 7. The first-order valence-corrected chi connectivity index (χ1v) is 9.52. The topological polar surface area (TPSA) is 164 Å². The minimum Gasteiger partial charge on any atom is -0.394 e. The van der Waals surface area contributed by atoms with Gasteiger partial charge >= 0.3 is 0 Å². The Labute approximate surface area is 171 Å². The zero-order valence-electron chi connectivity index (χ0n) is 16.0. The van der Waals surface area contributed by atoms with Gasteiger partial charge in [0, 0.05) is 6.21 Å². The monoisotopic (exact) mass is 413 g/mol. The molecule has 1 fully saturated rings. The summed E-state index contributed by atoms with van der Waals surface area (Å²) in [4.78, 5) is 12.7. The predicted molar refractivity (Wildman–Crippen MR) is 110 cm³/mol. The molecule has 0 spiro atoms. The van der Waals surface area contributed by atoms with Crippen molar-refractivity contribution in [3.05, 3.63) is 42.2 Å². The number of aryl methyl sites for hydroxylation is 1. The average molecular weight is 413 g/mol. The van der Waals surface area contributed by atoms with Crippen LogP contribution in [0.25, 0.3) is 11.2 Å². The highest BCUT2D eigenvalue weighted by Crippen LogP contribution is 2.32. The van der Waals surface area contributed by atoms with Gasteiger partial charge in [0.15, 0.2) is 17.7 Å². The number of nitrogen functional groups attached to an aromatic ring is 1. The van der Waals surface area contributed by atoms with E-state index < -0.39 is 31.1 Å². The van der Waals surface area contributed by atoms with Crippen molar-refractivity contribution in [2.75, 3.05) is 17.8 Å². The minimum atomic E-state index is -1.26. The second kappa shape index (κ2) is 8.71. The quantitative estimate of drug-likeness (QED) is 0.266. The summed E-state index contributed by atoms with van der Waals surface area (Å²) in [6.07, 6.45) is 0.323. The van der Waals surface area contributed by atoms with Crippen LogP contribution >= 0.6 is 0 Å². The van der Waals surface area contributed by atoms with Gasteiger partial charge in [-0.1, -0.05) is 30.3 Å². The lowest BCUT2D eigenvalue weighted by molar-refractivity contribution is -0.0511. The van der Waals surface area contributed by atoms with E-state index in [2.05, 4.69) is 37.6 Å². The maximum Gasteiger partial charge on any atom is 0.247 e. The number of fused-ring (bicyclic) bond motifs is 1. The molecule has 158 valence electrons. The van der Waals surface area contributed by atoms with Crippen LogP contribution < -0.4 is 11.2 Å². The van der Waals surface area contributed by atoms with Crippen molar-refractivity contribution < 1.29 is 20.1 Å². The number of hydrogen-bond acceptors (Lipinski definition) is 10. The molecule has 4 atom stereocenters. The normalized spacial score (nSPS) is 24.1. The molecule has 30 heavy (non-hydrogen) atoms. The number of hydrogen-bond donors (Lipinski definition) is 5. The molecule has 3 heterocycles. The Bertz CT molecular complexity index is 1030. The van der Waals surface area contributed by atoms with Crippen LogP contribution in [0.4, 0.5) is 11.8 Å². The molecule has 0 saturated carbocycles. The first kappa shape index (κ1) is 20.2. The third kappa shape index (κ3) is 3.96. The van der Waals surface area contributed by atoms with Gasteiger partial charge in [-0.2, -0.15) is 15.1 Å². The molecular weight excluding hydrogens is 390 g/mol. The Hall–Kier alpha value is -3.12. The van der Waals surface area contributed by atoms with Gasteiger partial charge in [0.2, 0.25) is 5.95 Å². The number of aliphatic hydroxyl groups excluding tert-OH is 3. The number of nitrogens with zero attached hydrogens (tertiary/aromatic N) is 5. The maximum absolute atomic E-state index is 10.3. The molecule has 3 aromatic rings. The molecule has 1 aromatic carbocycles. The summed E-state index contributed by atoms with van der Waals surface area (Å²) >= 11 is 0. The lowest BCUT2D eigenvalue weighted by atomic mass is 10.1. The summed E-state index contributed by atoms with van der Waals surface area (Å²) in [5.74, 6) is 0.289. The van der Waals surface area contributed by atoms with Crippen molar-refractivity contribution in [3.63, 3.8) is 0 Å². The van der Waals surface area contributed by atoms with Gasteiger partial charge in [-0.25, -0.2) is 10.4 Å². The molecule has 4 rings (SSSR count). The molecule has 0 bridgehead atoms. The van der Waals surface area contributed by atoms with Gasteiger partial charge in [0.25, 0.3) is 0 Å². The van der Waals surface area contributed by atoms with Crippen molar-refractivity contribution >= 4 is 29.1 Å². The Kier molecular flexibility index (Phi) is 5.86. The van der Waals surface area contributed by atoms with Gasteiger partial charge < -0.3 is 25.8 Å². The number of hydrazone groups is 1. The first-order valence-electron chi connectivity index (χ1n) is 9.52. The van der Waals surface area contributed by atoms with Crippen molar-refractivity contribution in [1.29, 1.82) is 0 Å². The van der Waals surface area contributed by atoms with E-state index in [1.165, 1.54) is 16.5 Å². The highest BCUT2D eigenvalue weighted by atomic mass is 16.6. The molecule has 6 N–H and O–H groups in total. The van der Waals surface area contributed by atoms with Crippen LogP contribution in [-0.4, -0.2) is 66.0 Å². The Morgan fingerprint density at radius 1 is 1.20 bits per heavy atom. The van der Waals surface area contributed by atoms with Crippen molar-refractivity contribution in [2.24, 2.45) is 5.10 Å². The predicted octanol–water partition coefficient (Wildman–Crippen LogP) is 0.0505. The van der Waals surface area contributed by atoms with Crippen molar-refractivity contribution in [1.82, 2.24) is 19.5 Å². The highest BCUT2D eigenvalue weighted by Gasteiger charge is 2.44. The zero-order chi connectivity index (χ0) is 21.1. The molecule has 1 aliphatic heterocycles. The lowest BCUT2D eigenvalue weighted by Gasteiger charge is -2.16. The van der Waals surface area contributed by atoms with Gasteiger partial charge in [-0.3, -0.25) is 4.57 Å². The summed E-state index contributed by atoms with van der Waals surface area (Å²) in [5.41, 5.74) is 10.6. The number of aliphatic hydroxyl groups is 3. The molecule has 1 unspecified atom stereocenters. The van der Waals surface area contributed by atoms with Crippen LogP contribution in [0.2, 0.25) is 0 Å². The van der Waals surface area contributed by atoms with E-state index in [4.69, 9.17) is 10.5 Å². The van der Waals surface area contributed by atoms with E-state index in [-0.39, 0.29) is 11.8 Å². The summed E-state index contributed by atoms with van der Waals surface area (Å²) < 4.78 is 6.99. The molecule has 0 aliphatic carbocycles. The molecule has 11 nitrogen and oxygen atoms in total. The lowest BCUT2D eigenvalue weighted by Crippen LogP contribution is -2.33. The maximum atomic E-state index is 10.3. The Morgan fingerprint density at radius 3 is 2.73 bits per heavy atom. The molecule has 2 aromatic heterocycles. The van der Waals surface area contributed by atoms with Gasteiger partial charge in [-0.15, -0.1) is 0 Å². The van der Waals surface area contributed by atoms with Crippen LogP contribution in [0.5, 0.6) is 0 Å². The van der Waals surface area contributed by atoms with Crippen LogP contribution in [0, 0.1) is 0 Å². The van der Waals surface area contributed by atoms with Crippen LogP contribution in [0.3, 0.4) is 0 Å². The van der Waals surface area contributed by atoms with Gasteiger partial charge in [0.1, 0.15) is 23.8 Å².